The normalized spacial score (nSPS) is 13.5. The number of benzene rings is 6. The Bertz CT molecular complexity index is 1820. The fourth-order valence-electron chi connectivity index (χ4n) is 6.94. The number of para-hydroxylation sites is 1. The van der Waals surface area contributed by atoms with E-state index in [-0.39, 0.29) is 5.41 Å². The summed E-state index contributed by atoms with van der Waals surface area (Å²) < 4.78 is 0. The van der Waals surface area contributed by atoms with Crippen LogP contribution in [0.5, 0.6) is 0 Å². The van der Waals surface area contributed by atoms with E-state index >= 15 is 0 Å². The molecule has 2 aliphatic rings. The first-order valence-electron chi connectivity index (χ1n) is 13.6. The molecular weight excluding hydrogens is 470 g/mol. The predicted octanol–water partition coefficient (Wildman–Crippen LogP) is 9.81. The maximum Gasteiger partial charge on any atom is 0.0725 e. The number of anilines is 3. The monoisotopic (exact) mass is 497 g/mol. The molecule has 6 aromatic carbocycles. The van der Waals surface area contributed by atoms with Crippen LogP contribution in [0.25, 0.3) is 22.3 Å². The molecule has 6 aromatic rings. The van der Waals surface area contributed by atoms with Crippen molar-refractivity contribution in [1.29, 1.82) is 0 Å². The molecule has 0 amide bonds. The van der Waals surface area contributed by atoms with Gasteiger partial charge in [0.25, 0.3) is 0 Å². The van der Waals surface area contributed by atoms with E-state index in [1.54, 1.807) is 0 Å². The third-order valence-corrected chi connectivity index (χ3v) is 8.55. The molecule has 0 aromatic heterocycles. The van der Waals surface area contributed by atoms with Crippen molar-refractivity contribution in [3.05, 3.63) is 173 Å². The highest BCUT2D eigenvalue weighted by Crippen LogP contribution is 2.63. The second-order valence-corrected chi connectivity index (χ2v) is 10.6. The largest absolute Gasteiger partial charge is 0.310 e. The maximum atomic E-state index is 2.40. The molecule has 0 atom stereocenters. The Morgan fingerprint density at radius 1 is 0.385 bits per heavy atom. The highest BCUT2D eigenvalue weighted by atomic mass is 15.1. The molecule has 0 saturated heterocycles. The molecule has 0 radical (unpaired) electrons. The van der Waals surface area contributed by atoms with Crippen LogP contribution >= 0.6 is 0 Å². The second-order valence-electron chi connectivity index (χ2n) is 10.6. The summed E-state index contributed by atoms with van der Waals surface area (Å²) in [5.41, 5.74) is 15.2. The maximum absolute atomic E-state index is 2.40. The van der Waals surface area contributed by atoms with Crippen LogP contribution in [-0.2, 0) is 5.41 Å². The molecule has 1 heteroatoms. The molecule has 184 valence electrons. The van der Waals surface area contributed by atoms with Crippen molar-refractivity contribution in [2.45, 2.75) is 12.3 Å². The summed E-state index contributed by atoms with van der Waals surface area (Å²) in [5, 5.41) is 0. The zero-order valence-electron chi connectivity index (χ0n) is 21.8. The summed E-state index contributed by atoms with van der Waals surface area (Å²) in [6.07, 6.45) is 0. The first kappa shape index (κ1) is 22.1. The minimum Gasteiger partial charge on any atom is -0.310 e. The fraction of sp³-hybridized carbons (Fsp3) is 0.0526. The van der Waals surface area contributed by atoms with Gasteiger partial charge in [-0.25, -0.2) is 0 Å². The standard InChI is InChI=1S/C38H27N/c1-26-19-21-28(22-20-26)39(27-11-3-2-4-12-27)29-23-24-37-33(25-29)32-15-7-10-18-36(32)38(37)34-16-8-5-13-30(34)31-14-6-9-17-35(31)38/h2-25H,1H3. The Hall–Kier alpha value is -4.88. The van der Waals surface area contributed by atoms with Crippen LogP contribution in [0.4, 0.5) is 17.1 Å². The van der Waals surface area contributed by atoms with Crippen LogP contribution < -0.4 is 4.90 Å². The molecule has 0 heterocycles. The van der Waals surface area contributed by atoms with Crippen molar-refractivity contribution < 1.29 is 0 Å². The number of aryl methyl sites for hydroxylation is 1. The van der Waals surface area contributed by atoms with Gasteiger partial charge in [0.15, 0.2) is 0 Å². The van der Waals surface area contributed by atoms with Gasteiger partial charge in [0.2, 0.25) is 0 Å². The zero-order chi connectivity index (χ0) is 26.0. The Morgan fingerprint density at radius 2 is 0.821 bits per heavy atom. The van der Waals surface area contributed by atoms with Crippen LogP contribution in [0.3, 0.4) is 0 Å². The van der Waals surface area contributed by atoms with Crippen LogP contribution in [0.2, 0.25) is 0 Å². The topological polar surface area (TPSA) is 3.24 Å². The second kappa shape index (κ2) is 8.31. The minimum absolute atomic E-state index is 0.306. The lowest BCUT2D eigenvalue weighted by Gasteiger charge is -2.31. The molecule has 0 fully saturated rings. The lowest BCUT2D eigenvalue weighted by Crippen LogP contribution is -2.25. The van der Waals surface area contributed by atoms with Gasteiger partial charge >= 0.3 is 0 Å². The van der Waals surface area contributed by atoms with E-state index in [4.69, 9.17) is 0 Å². The van der Waals surface area contributed by atoms with Crippen molar-refractivity contribution in [3.8, 4) is 22.3 Å². The molecule has 1 spiro atoms. The average Bonchev–Trinajstić information content (AvgIpc) is 3.46. The van der Waals surface area contributed by atoms with Gasteiger partial charge in [0, 0.05) is 17.1 Å². The number of fused-ring (bicyclic) bond motifs is 10. The van der Waals surface area contributed by atoms with E-state index < -0.39 is 0 Å². The third-order valence-electron chi connectivity index (χ3n) is 8.55. The van der Waals surface area contributed by atoms with Crippen molar-refractivity contribution in [2.24, 2.45) is 0 Å². The number of nitrogens with zero attached hydrogens (tertiary/aromatic N) is 1. The van der Waals surface area contributed by atoms with Gasteiger partial charge in [-0.2, -0.15) is 0 Å². The lowest BCUT2D eigenvalue weighted by atomic mass is 9.70. The van der Waals surface area contributed by atoms with E-state index in [9.17, 15) is 0 Å². The smallest absolute Gasteiger partial charge is 0.0725 e. The number of hydrogen-bond acceptors (Lipinski definition) is 1. The van der Waals surface area contributed by atoms with Gasteiger partial charge in [0.1, 0.15) is 0 Å². The molecule has 2 aliphatic carbocycles. The van der Waals surface area contributed by atoms with E-state index in [0.717, 1.165) is 17.1 Å². The molecule has 0 saturated carbocycles. The van der Waals surface area contributed by atoms with Gasteiger partial charge in [0.05, 0.1) is 5.41 Å². The van der Waals surface area contributed by atoms with Crippen molar-refractivity contribution in [1.82, 2.24) is 0 Å². The minimum atomic E-state index is -0.306. The van der Waals surface area contributed by atoms with Crippen LogP contribution in [0.15, 0.2) is 146 Å². The molecule has 0 unspecified atom stereocenters. The Labute approximate surface area is 229 Å². The van der Waals surface area contributed by atoms with Crippen LogP contribution in [-0.4, -0.2) is 0 Å². The van der Waals surface area contributed by atoms with Crippen molar-refractivity contribution in [3.63, 3.8) is 0 Å². The van der Waals surface area contributed by atoms with Gasteiger partial charge in [-0.15, -0.1) is 0 Å². The van der Waals surface area contributed by atoms with Gasteiger partial charge in [-0.3, -0.25) is 0 Å². The SMILES string of the molecule is Cc1ccc(N(c2ccccc2)c2ccc3c(c2)-c2ccccc2C32c3ccccc3-c3ccccc32)cc1. The molecule has 1 nitrogen and oxygen atoms in total. The third kappa shape index (κ3) is 3.02. The number of rotatable bonds is 3. The molecule has 8 rings (SSSR count). The van der Waals surface area contributed by atoms with Gasteiger partial charge in [-0.05, 0) is 87.8 Å². The highest BCUT2D eigenvalue weighted by Gasteiger charge is 2.51. The number of hydrogen-bond donors (Lipinski definition) is 0. The molecule has 0 aliphatic heterocycles. The first-order valence-corrected chi connectivity index (χ1v) is 13.6. The lowest BCUT2D eigenvalue weighted by molar-refractivity contribution is 0.794. The quantitative estimate of drug-likeness (QED) is 0.235. The summed E-state index contributed by atoms with van der Waals surface area (Å²) in [7, 11) is 0. The van der Waals surface area contributed by atoms with E-state index in [0.29, 0.717) is 0 Å². The van der Waals surface area contributed by atoms with Crippen LogP contribution in [0, 0.1) is 6.92 Å². The molecule has 39 heavy (non-hydrogen) atoms. The summed E-state index contributed by atoms with van der Waals surface area (Å²) in [6, 6.07) is 53.5. The van der Waals surface area contributed by atoms with E-state index in [2.05, 4.69) is 157 Å². The van der Waals surface area contributed by atoms with Gasteiger partial charge < -0.3 is 4.90 Å². The Balaban J connectivity index is 1.41. The predicted molar refractivity (Wildman–Crippen MR) is 162 cm³/mol. The summed E-state index contributed by atoms with van der Waals surface area (Å²) in [4.78, 5) is 2.36. The molecular formula is C38H27N. The average molecular weight is 498 g/mol. The summed E-state index contributed by atoms with van der Waals surface area (Å²) >= 11 is 0. The Morgan fingerprint density at radius 3 is 1.41 bits per heavy atom. The van der Waals surface area contributed by atoms with Crippen molar-refractivity contribution >= 4 is 17.1 Å². The first-order chi connectivity index (χ1) is 19.3. The Kier molecular flexibility index (Phi) is 4.72. The van der Waals surface area contributed by atoms with Crippen molar-refractivity contribution in [2.75, 3.05) is 4.90 Å². The molecule has 0 bridgehead atoms. The van der Waals surface area contributed by atoms with Crippen LogP contribution in [0.1, 0.15) is 27.8 Å². The summed E-state index contributed by atoms with van der Waals surface area (Å²) in [5.74, 6) is 0. The van der Waals surface area contributed by atoms with Gasteiger partial charge in [-0.1, -0.05) is 115 Å². The van der Waals surface area contributed by atoms with E-state index in [1.807, 2.05) is 0 Å². The summed E-state index contributed by atoms with van der Waals surface area (Å²) in [6.45, 7) is 2.14. The molecule has 0 N–H and O–H groups in total. The van der Waals surface area contributed by atoms with E-state index in [1.165, 1.54) is 50.1 Å². The zero-order valence-corrected chi connectivity index (χ0v) is 21.8. The fourth-order valence-corrected chi connectivity index (χ4v) is 6.94. The highest BCUT2D eigenvalue weighted by molar-refractivity contribution is 5.96.